The summed E-state index contributed by atoms with van der Waals surface area (Å²) < 4.78 is 0. The van der Waals surface area contributed by atoms with Gasteiger partial charge in [0.05, 0.1) is 0 Å². The third-order valence-electron chi connectivity index (χ3n) is 0.858. The van der Waals surface area contributed by atoms with Crippen LogP contribution in [0.4, 0.5) is 0 Å². The molecule has 0 radical (unpaired) electrons. The molecule has 0 rings (SSSR count). The van der Waals surface area contributed by atoms with Crippen LogP contribution in [0.1, 0.15) is 6.42 Å². The Balaban J connectivity index is 3.30. The SMILES string of the molecule is CSCCC(=O)NNC(N)=S. The van der Waals surface area contributed by atoms with Crippen molar-refractivity contribution < 1.29 is 4.79 Å². The molecular weight excluding hydrogens is 182 g/mol. The molecule has 64 valence electrons. The summed E-state index contributed by atoms with van der Waals surface area (Å²) in [6.45, 7) is 0. The van der Waals surface area contributed by atoms with E-state index in [9.17, 15) is 4.79 Å². The molecule has 0 fully saturated rings. The average Bonchev–Trinajstić information content (AvgIpc) is 1.97. The van der Waals surface area contributed by atoms with Crippen molar-refractivity contribution in [2.45, 2.75) is 6.42 Å². The molecule has 0 saturated carbocycles. The molecule has 0 unspecified atom stereocenters. The Kier molecular flexibility index (Phi) is 5.96. The van der Waals surface area contributed by atoms with E-state index in [1.807, 2.05) is 6.26 Å². The maximum absolute atomic E-state index is 10.8. The van der Waals surface area contributed by atoms with Crippen molar-refractivity contribution in [2.24, 2.45) is 5.73 Å². The first kappa shape index (κ1) is 10.5. The number of carbonyl (C=O) groups excluding carboxylic acids is 1. The summed E-state index contributed by atoms with van der Waals surface area (Å²) in [5, 5.41) is 0.0718. The van der Waals surface area contributed by atoms with E-state index in [2.05, 4.69) is 23.1 Å². The summed E-state index contributed by atoms with van der Waals surface area (Å²) in [6.07, 6.45) is 2.41. The Labute approximate surface area is 75.3 Å². The molecule has 1 amide bonds. The maximum atomic E-state index is 10.8. The monoisotopic (exact) mass is 193 g/mol. The van der Waals surface area contributed by atoms with Gasteiger partial charge in [0.15, 0.2) is 5.11 Å². The smallest absolute Gasteiger partial charge is 0.239 e. The van der Waals surface area contributed by atoms with Crippen molar-refractivity contribution >= 4 is 35.0 Å². The Morgan fingerprint density at radius 1 is 1.64 bits per heavy atom. The number of thioether (sulfide) groups is 1. The molecule has 11 heavy (non-hydrogen) atoms. The van der Waals surface area contributed by atoms with E-state index in [-0.39, 0.29) is 11.0 Å². The minimum Gasteiger partial charge on any atom is -0.375 e. The van der Waals surface area contributed by atoms with E-state index < -0.39 is 0 Å². The predicted octanol–water partition coefficient (Wildman–Crippen LogP) is -0.396. The number of rotatable bonds is 3. The number of nitrogens with one attached hydrogen (secondary N) is 2. The minimum atomic E-state index is -0.104. The lowest BCUT2D eigenvalue weighted by Crippen LogP contribution is -2.44. The van der Waals surface area contributed by atoms with Crippen molar-refractivity contribution in [3.63, 3.8) is 0 Å². The number of hydrogen-bond acceptors (Lipinski definition) is 3. The van der Waals surface area contributed by atoms with Crippen molar-refractivity contribution in [3.8, 4) is 0 Å². The van der Waals surface area contributed by atoms with Crippen molar-refractivity contribution in [3.05, 3.63) is 0 Å². The van der Waals surface area contributed by atoms with Gasteiger partial charge in [-0.15, -0.1) is 0 Å². The number of nitrogens with two attached hydrogens (primary N) is 1. The lowest BCUT2D eigenvalue weighted by molar-refractivity contribution is -0.121. The summed E-state index contributed by atoms with van der Waals surface area (Å²) in [4.78, 5) is 10.8. The van der Waals surface area contributed by atoms with Crippen LogP contribution in [0.3, 0.4) is 0 Å². The largest absolute Gasteiger partial charge is 0.375 e. The summed E-state index contributed by atoms with van der Waals surface area (Å²) in [6, 6.07) is 0. The number of hydrazine groups is 1. The zero-order chi connectivity index (χ0) is 8.69. The molecule has 4 nitrogen and oxygen atoms in total. The zero-order valence-electron chi connectivity index (χ0n) is 6.22. The second kappa shape index (κ2) is 6.23. The molecule has 0 heterocycles. The first-order valence-corrected chi connectivity index (χ1v) is 4.80. The number of thiocarbonyl (C=S) groups is 1. The lowest BCUT2D eigenvalue weighted by Gasteiger charge is -2.04. The molecule has 4 N–H and O–H groups in total. The van der Waals surface area contributed by atoms with Gasteiger partial charge in [-0.25, -0.2) is 0 Å². The molecular formula is C5H11N3OS2. The Bertz CT molecular complexity index is 151. The molecule has 0 aromatic rings. The van der Waals surface area contributed by atoms with E-state index in [1.54, 1.807) is 11.8 Å². The quantitative estimate of drug-likeness (QED) is 0.420. The van der Waals surface area contributed by atoms with E-state index in [4.69, 9.17) is 5.73 Å². The van der Waals surface area contributed by atoms with Crippen LogP contribution in [-0.4, -0.2) is 23.0 Å². The second-order valence-electron chi connectivity index (χ2n) is 1.78. The average molecular weight is 193 g/mol. The molecule has 0 aromatic carbocycles. The Morgan fingerprint density at radius 3 is 2.73 bits per heavy atom. The van der Waals surface area contributed by atoms with Crippen LogP contribution >= 0.6 is 24.0 Å². The minimum absolute atomic E-state index is 0.0718. The summed E-state index contributed by atoms with van der Waals surface area (Å²) in [5.41, 5.74) is 9.77. The zero-order valence-corrected chi connectivity index (χ0v) is 7.85. The first-order valence-electron chi connectivity index (χ1n) is 3.00. The van der Waals surface area contributed by atoms with E-state index in [1.165, 1.54) is 0 Å². The molecule has 0 aromatic heterocycles. The fourth-order valence-electron chi connectivity index (χ4n) is 0.389. The van der Waals surface area contributed by atoms with Crippen LogP contribution in [0.15, 0.2) is 0 Å². The second-order valence-corrected chi connectivity index (χ2v) is 3.21. The van der Waals surface area contributed by atoms with Gasteiger partial charge >= 0.3 is 0 Å². The molecule has 0 saturated heterocycles. The molecule has 0 spiro atoms. The molecule has 0 atom stereocenters. The third-order valence-corrected chi connectivity index (χ3v) is 1.57. The fraction of sp³-hybridized carbons (Fsp3) is 0.600. The van der Waals surface area contributed by atoms with E-state index in [0.717, 1.165) is 5.75 Å². The number of hydrogen-bond donors (Lipinski definition) is 3. The van der Waals surface area contributed by atoms with Crippen LogP contribution < -0.4 is 16.6 Å². The third kappa shape index (κ3) is 7.41. The van der Waals surface area contributed by atoms with Gasteiger partial charge in [-0.05, 0) is 18.5 Å². The van der Waals surface area contributed by atoms with Gasteiger partial charge in [0.25, 0.3) is 0 Å². The molecule has 6 heteroatoms. The van der Waals surface area contributed by atoms with Crippen molar-refractivity contribution in [2.75, 3.05) is 12.0 Å². The van der Waals surface area contributed by atoms with Crippen LogP contribution in [0.5, 0.6) is 0 Å². The topological polar surface area (TPSA) is 67.2 Å². The standard InChI is InChI=1S/C5H11N3OS2/c1-11-3-2-4(9)7-8-5(6)10/h2-3H2,1H3,(H,7,9)(H3,6,8,10). The van der Waals surface area contributed by atoms with Crippen molar-refractivity contribution in [1.29, 1.82) is 0 Å². The van der Waals surface area contributed by atoms with Gasteiger partial charge in [0.1, 0.15) is 0 Å². The van der Waals surface area contributed by atoms with Crippen LogP contribution in [0, 0.1) is 0 Å². The Morgan fingerprint density at radius 2 is 2.27 bits per heavy atom. The predicted molar refractivity (Wildman–Crippen MR) is 51.1 cm³/mol. The van der Waals surface area contributed by atoms with E-state index >= 15 is 0 Å². The highest BCUT2D eigenvalue weighted by molar-refractivity contribution is 7.98. The van der Waals surface area contributed by atoms with Gasteiger partial charge in [-0.1, -0.05) is 0 Å². The summed E-state index contributed by atoms with van der Waals surface area (Å²) >= 11 is 6.08. The van der Waals surface area contributed by atoms with Gasteiger partial charge in [0.2, 0.25) is 5.91 Å². The number of carbonyl (C=O) groups is 1. The normalized spacial score (nSPS) is 8.82. The molecule has 0 aliphatic carbocycles. The van der Waals surface area contributed by atoms with Gasteiger partial charge in [-0.3, -0.25) is 15.6 Å². The van der Waals surface area contributed by atoms with Crippen LogP contribution in [0.25, 0.3) is 0 Å². The maximum Gasteiger partial charge on any atom is 0.239 e. The molecule has 0 bridgehead atoms. The van der Waals surface area contributed by atoms with E-state index in [0.29, 0.717) is 6.42 Å². The first-order chi connectivity index (χ1) is 5.16. The summed E-state index contributed by atoms with van der Waals surface area (Å²) in [7, 11) is 0. The highest BCUT2D eigenvalue weighted by Gasteiger charge is 1.97. The molecule has 0 aliphatic heterocycles. The highest BCUT2D eigenvalue weighted by atomic mass is 32.2. The van der Waals surface area contributed by atoms with Crippen molar-refractivity contribution in [1.82, 2.24) is 10.9 Å². The van der Waals surface area contributed by atoms with Crippen LogP contribution in [0.2, 0.25) is 0 Å². The van der Waals surface area contributed by atoms with Gasteiger partial charge in [0, 0.05) is 12.2 Å². The van der Waals surface area contributed by atoms with Crippen LogP contribution in [-0.2, 0) is 4.79 Å². The number of amides is 1. The molecule has 0 aliphatic rings. The van der Waals surface area contributed by atoms with Gasteiger partial charge < -0.3 is 5.73 Å². The highest BCUT2D eigenvalue weighted by Crippen LogP contribution is 1.93. The fourth-order valence-corrected chi connectivity index (χ4v) is 0.829. The lowest BCUT2D eigenvalue weighted by atomic mass is 10.5. The van der Waals surface area contributed by atoms with Gasteiger partial charge in [-0.2, -0.15) is 11.8 Å². The summed E-state index contributed by atoms with van der Waals surface area (Å²) in [5.74, 6) is 0.692. The Hall–Kier alpha value is -0.490.